The zero-order valence-electron chi connectivity index (χ0n) is 11.0. The van der Waals surface area contributed by atoms with Crippen LogP contribution in [0.2, 0.25) is 0 Å². The van der Waals surface area contributed by atoms with Gasteiger partial charge in [-0.25, -0.2) is 4.98 Å². The molecule has 0 fully saturated rings. The van der Waals surface area contributed by atoms with Gasteiger partial charge in [-0.15, -0.1) is 0 Å². The molecular formula is C13H18BrN3OS. The van der Waals surface area contributed by atoms with E-state index in [4.69, 9.17) is 0 Å². The fraction of sp³-hybridized carbons (Fsp3) is 0.462. The largest absolute Gasteiger partial charge is 0.395 e. The number of halogens is 1. The van der Waals surface area contributed by atoms with Gasteiger partial charge in [-0.3, -0.25) is 0 Å². The summed E-state index contributed by atoms with van der Waals surface area (Å²) in [6.45, 7) is 3.01. The summed E-state index contributed by atoms with van der Waals surface area (Å²) in [6, 6.07) is 4.21. The molecule has 0 amide bonds. The highest BCUT2D eigenvalue weighted by atomic mass is 79.9. The second kappa shape index (κ2) is 6.74. The zero-order valence-corrected chi connectivity index (χ0v) is 13.4. The van der Waals surface area contributed by atoms with Crippen molar-refractivity contribution < 1.29 is 5.11 Å². The fourth-order valence-electron chi connectivity index (χ4n) is 1.97. The number of aromatic nitrogens is 2. The first-order chi connectivity index (χ1) is 9.15. The van der Waals surface area contributed by atoms with Crippen LogP contribution in [0, 0.1) is 0 Å². The number of aliphatic hydroxyl groups is 1. The quantitative estimate of drug-likeness (QED) is 0.844. The van der Waals surface area contributed by atoms with Gasteiger partial charge in [0.1, 0.15) is 5.65 Å². The maximum Gasteiger partial charge on any atom is 0.136 e. The topological polar surface area (TPSA) is 49.6 Å². The molecule has 4 nitrogen and oxygen atoms in total. The molecular weight excluding hydrogens is 326 g/mol. The Kier molecular flexibility index (Phi) is 5.27. The lowest BCUT2D eigenvalue weighted by Gasteiger charge is -2.21. The van der Waals surface area contributed by atoms with Gasteiger partial charge in [0.15, 0.2) is 0 Å². The van der Waals surface area contributed by atoms with E-state index in [1.165, 1.54) is 0 Å². The Bertz CT molecular complexity index is 542. The van der Waals surface area contributed by atoms with E-state index in [1.807, 2.05) is 30.8 Å². The van der Waals surface area contributed by atoms with Gasteiger partial charge >= 0.3 is 0 Å². The summed E-state index contributed by atoms with van der Waals surface area (Å²) in [5, 5.41) is 12.9. The predicted octanol–water partition coefficient (Wildman–Crippen LogP) is 2.30. The molecule has 2 atom stereocenters. The third-order valence-corrected chi connectivity index (χ3v) is 4.82. The number of hydrogen-bond donors (Lipinski definition) is 2. The van der Waals surface area contributed by atoms with Gasteiger partial charge in [0.2, 0.25) is 0 Å². The van der Waals surface area contributed by atoms with E-state index in [0.717, 1.165) is 22.4 Å². The van der Waals surface area contributed by atoms with Crippen LogP contribution in [0.1, 0.15) is 12.6 Å². The number of fused-ring (bicyclic) bond motifs is 1. The summed E-state index contributed by atoms with van der Waals surface area (Å²) in [7, 11) is 0. The number of nitrogens with one attached hydrogen (secondary N) is 1. The maximum atomic E-state index is 9.28. The minimum Gasteiger partial charge on any atom is -0.395 e. The molecule has 0 spiro atoms. The van der Waals surface area contributed by atoms with E-state index in [-0.39, 0.29) is 17.9 Å². The minimum absolute atomic E-state index is 0.189. The summed E-state index contributed by atoms with van der Waals surface area (Å²) in [4.78, 5) is 4.37. The van der Waals surface area contributed by atoms with Crippen LogP contribution >= 0.6 is 27.7 Å². The Morgan fingerprint density at radius 2 is 2.32 bits per heavy atom. The standard InChI is InChI=1S/C13H18BrN3OS/c1-9(12(8-18)19-2)15-5-11-6-16-13-4-3-10(14)7-17(11)13/h3-4,6-7,9,12,15,18H,5,8H2,1-2H3. The Morgan fingerprint density at radius 3 is 3.00 bits per heavy atom. The molecule has 2 aromatic rings. The molecule has 6 heteroatoms. The third-order valence-electron chi connectivity index (χ3n) is 3.19. The molecule has 0 bridgehead atoms. The van der Waals surface area contributed by atoms with E-state index in [0.29, 0.717) is 0 Å². The Labute approximate surface area is 125 Å². The molecule has 104 valence electrons. The monoisotopic (exact) mass is 343 g/mol. The number of nitrogens with zero attached hydrogens (tertiary/aromatic N) is 2. The van der Waals surface area contributed by atoms with Crippen molar-refractivity contribution in [1.29, 1.82) is 0 Å². The van der Waals surface area contributed by atoms with E-state index >= 15 is 0 Å². The molecule has 2 aromatic heterocycles. The van der Waals surface area contributed by atoms with Gasteiger partial charge in [0.25, 0.3) is 0 Å². The summed E-state index contributed by atoms with van der Waals surface area (Å²) in [6.07, 6.45) is 5.92. The third kappa shape index (κ3) is 3.51. The van der Waals surface area contributed by atoms with Crippen molar-refractivity contribution in [3.05, 3.63) is 34.7 Å². The molecule has 0 saturated carbocycles. The normalized spacial score (nSPS) is 14.7. The molecule has 2 N–H and O–H groups in total. The number of thioether (sulfide) groups is 1. The maximum absolute atomic E-state index is 9.28. The number of pyridine rings is 1. The predicted molar refractivity (Wildman–Crippen MR) is 83.6 cm³/mol. The second-order valence-electron chi connectivity index (χ2n) is 4.45. The number of hydrogen-bond acceptors (Lipinski definition) is 4. The minimum atomic E-state index is 0.189. The first-order valence-corrected chi connectivity index (χ1v) is 8.22. The van der Waals surface area contributed by atoms with E-state index in [1.54, 1.807) is 11.8 Å². The average Bonchev–Trinajstić information content (AvgIpc) is 2.80. The van der Waals surface area contributed by atoms with Crippen LogP contribution in [-0.2, 0) is 6.54 Å². The lowest BCUT2D eigenvalue weighted by atomic mass is 10.2. The van der Waals surface area contributed by atoms with Crippen LogP contribution in [0.3, 0.4) is 0 Å². The molecule has 0 radical (unpaired) electrons. The Balaban J connectivity index is 2.07. The molecule has 0 saturated heterocycles. The van der Waals surface area contributed by atoms with Crippen LogP contribution in [-0.4, -0.2) is 38.6 Å². The summed E-state index contributed by atoms with van der Waals surface area (Å²) in [5.41, 5.74) is 2.05. The van der Waals surface area contributed by atoms with Crippen LogP contribution in [0.25, 0.3) is 5.65 Å². The Hall–Kier alpha value is -0.560. The molecule has 0 aliphatic rings. The van der Waals surface area contributed by atoms with Crippen molar-refractivity contribution in [3.8, 4) is 0 Å². The summed E-state index contributed by atoms with van der Waals surface area (Å²) >= 11 is 5.15. The molecule has 2 heterocycles. The van der Waals surface area contributed by atoms with Gasteiger partial charge < -0.3 is 14.8 Å². The van der Waals surface area contributed by atoms with Crippen LogP contribution in [0.5, 0.6) is 0 Å². The molecule has 19 heavy (non-hydrogen) atoms. The lowest BCUT2D eigenvalue weighted by Crippen LogP contribution is -2.37. The first kappa shape index (κ1) is 14.8. The Morgan fingerprint density at radius 1 is 1.53 bits per heavy atom. The molecule has 0 aromatic carbocycles. The van der Waals surface area contributed by atoms with Crippen molar-refractivity contribution in [3.63, 3.8) is 0 Å². The smallest absolute Gasteiger partial charge is 0.136 e. The highest BCUT2D eigenvalue weighted by Gasteiger charge is 2.15. The van der Waals surface area contributed by atoms with Crippen molar-refractivity contribution in [1.82, 2.24) is 14.7 Å². The van der Waals surface area contributed by atoms with Gasteiger partial charge in [-0.2, -0.15) is 11.8 Å². The van der Waals surface area contributed by atoms with Crippen LogP contribution in [0.4, 0.5) is 0 Å². The van der Waals surface area contributed by atoms with E-state index < -0.39 is 0 Å². The van der Waals surface area contributed by atoms with Crippen molar-refractivity contribution >= 4 is 33.3 Å². The van der Waals surface area contributed by atoms with Crippen LogP contribution in [0.15, 0.2) is 29.0 Å². The summed E-state index contributed by atoms with van der Waals surface area (Å²) in [5.74, 6) is 0. The number of rotatable bonds is 6. The highest BCUT2D eigenvalue weighted by Crippen LogP contribution is 2.15. The van der Waals surface area contributed by atoms with Gasteiger partial charge in [-0.05, 0) is 41.2 Å². The van der Waals surface area contributed by atoms with Crippen molar-refractivity contribution in [2.75, 3.05) is 12.9 Å². The number of aliphatic hydroxyl groups excluding tert-OH is 1. The second-order valence-corrected chi connectivity index (χ2v) is 6.44. The van der Waals surface area contributed by atoms with Crippen molar-refractivity contribution in [2.24, 2.45) is 0 Å². The lowest BCUT2D eigenvalue weighted by molar-refractivity contribution is 0.275. The van der Waals surface area contributed by atoms with Crippen LogP contribution < -0.4 is 5.32 Å². The average molecular weight is 344 g/mol. The fourth-order valence-corrected chi connectivity index (χ4v) is 2.96. The summed E-state index contributed by atoms with van der Waals surface area (Å²) < 4.78 is 3.10. The van der Waals surface area contributed by atoms with Crippen molar-refractivity contribution in [2.45, 2.75) is 24.8 Å². The van der Waals surface area contributed by atoms with E-state index in [9.17, 15) is 5.11 Å². The first-order valence-electron chi connectivity index (χ1n) is 6.14. The molecule has 0 aliphatic heterocycles. The van der Waals surface area contributed by atoms with Gasteiger partial charge in [0.05, 0.1) is 18.5 Å². The van der Waals surface area contributed by atoms with E-state index in [2.05, 4.69) is 37.6 Å². The molecule has 2 unspecified atom stereocenters. The SMILES string of the molecule is CSC(CO)C(C)NCc1cnc2ccc(Br)cn12. The van der Waals surface area contributed by atoms with Gasteiger partial charge in [0, 0.05) is 28.5 Å². The molecule has 0 aliphatic carbocycles. The van der Waals surface area contributed by atoms with Gasteiger partial charge in [-0.1, -0.05) is 0 Å². The number of imidazole rings is 1. The molecule has 2 rings (SSSR count). The highest BCUT2D eigenvalue weighted by molar-refractivity contribution is 9.10. The zero-order chi connectivity index (χ0) is 13.8.